The van der Waals surface area contributed by atoms with Crippen molar-refractivity contribution in [1.82, 2.24) is 5.32 Å². The molecule has 0 spiro atoms. The third kappa shape index (κ3) is 4.94. The summed E-state index contributed by atoms with van der Waals surface area (Å²) in [6.45, 7) is 8.43. The summed E-state index contributed by atoms with van der Waals surface area (Å²) >= 11 is 0. The van der Waals surface area contributed by atoms with Gasteiger partial charge < -0.3 is 14.8 Å². The van der Waals surface area contributed by atoms with Crippen molar-refractivity contribution in [3.63, 3.8) is 0 Å². The van der Waals surface area contributed by atoms with Gasteiger partial charge in [-0.15, -0.1) is 0 Å². The van der Waals surface area contributed by atoms with Crippen molar-refractivity contribution in [2.75, 3.05) is 20.3 Å². The lowest BCUT2D eigenvalue weighted by molar-refractivity contribution is -0.0137. The Labute approximate surface area is 106 Å². The Balaban J connectivity index is 2.28. The molecule has 1 aliphatic rings. The van der Waals surface area contributed by atoms with E-state index in [1.165, 1.54) is 25.7 Å². The minimum Gasteiger partial charge on any atom is -0.378 e. The molecule has 1 rings (SSSR count). The number of hydrogen-bond donors (Lipinski definition) is 1. The summed E-state index contributed by atoms with van der Waals surface area (Å²) < 4.78 is 11.2. The Bertz CT molecular complexity index is 200. The van der Waals surface area contributed by atoms with Crippen LogP contribution in [-0.2, 0) is 9.47 Å². The smallest absolute Gasteiger partial charge is 0.0774 e. The minimum atomic E-state index is -0.0907. The minimum absolute atomic E-state index is 0.0907. The largest absolute Gasteiger partial charge is 0.378 e. The van der Waals surface area contributed by atoms with Crippen LogP contribution in [0.1, 0.15) is 52.9 Å². The predicted octanol–water partition coefficient (Wildman–Crippen LogP) is 2.74. The first-order chi connectivity index (χ1) is 8.10. The molecule has 1 fully saturated rings. The maximum Gasteiger partial charge on any atom is 0.0774 e. The van der Waals surface area contributed by atoms with Crippen molar-refractivity contribution >= 4 is 0 Å². The first-order valence-corrected chi connectivity index (χ1v) is 7.00. The quantitative estimate of drug-likeness (QED) is 0.711. The monoisotopic (exact) mass is 243 g/mol. The van der Waals surface area contributed by atoms with E-state index < -0.39 is 0 Å². The van der Waals surface area contributed by atoms with Gasteiger partial charge in [0.05, 0.1) is 11.7 Å². The lowest BCUT2D eigenvalue weighted by Crippen LogP contribution is -2.48. The van der Waals surface area contributed by atoms with Crippen molar-refractivity contribution in [2.45, 2.75) is 70.6 Å². The molecule has 102 valence electrons. The summed E-state index contributed by atoms with van der Waals surface area (Å²) in [5.74, 6) is 0. The molecule has 0 radical (unpaired) electrons. The summed E-state index contributed by atoms with van der Waals surface area (Å²) in [5, 5.41) is 3.53. The third-order valence-corrected chi connectivity index (χ3v) is 3.86. The predicted molar refractivity (Wildman–Crippen MR) is 71.4 cm³/mol. The SMILES string of the molecule is CCNC(CCCC1CCCO1)C(C)(C)OC. The van der Waals surface area contributed by atoms with Crippen LogP contribution in [0.3, 0.4) is 0 Å². The van der Waals surface area contributed by atoms with Crippen LogP contribution in [0.2, 0.25) is 0 Å². The highest BCUT2D eigenvalue weighted by atomic mass is 16.5. The first kappa shape index (κ1) is 14.9. The molecule has 0 aromatic heterocycles. The molecule has 0 aromatic carbocycles. The fourth-order valence-corrected chi connectivity index (χ4v) is 2.51. The normalized spacial score (nSPS) is 22.9. The topological polar surface area (TPSA) is 30.5 Å². The molecule has 0 aliphatic carbocycles. The average Bonchev–Trinajstić information content (AvgIpc) is 2.81. The third-order valence-electron chi connectivity index (χ3n) is 3.86. The van der Waals surface area contributed by atoms with Crippen LogP contribution in [0.15, 0.2) is 0 Å². The fourth-order valence-electron chi connectivity index (χ4n) is 2.51. The number of methoxy groups -OCH3 is 1. The maximum atomic E-state index is 5.66. The molecule has 2 unspecified atom stereocenters. The highest BCUT2D eigenvalue weighted by Crippen LogP contribution is 2.22. The van der Waals surface area contributed by atoms with Gasteiger partial charge in [0.1, 0.15) is 0 Å². The Kier molecular flexibility index (Phi) is 6.45. The van der Waals surface area contributed by atoms with E-state index in [2.05, 4.69) is 26.1 Å². The molecular weight excluding hydrogens is 214 g/mol. The van der Waals surface area contributed by atoms with Gasteiger partial charge in [-0.3, -0.25) is 0 Å². The van der Waals surface area contributed by atoms with Gasteiger partial charge in [0, 0.05) is 19.8 Å². The van der Waals surface area contributed by atoms with E-state index in [9.17, 15) is 0 Å². The van der Waals surface area contributed by atoms with E-state index in [1.807, 2.05) is 0 Å². The highest BCUT2D eigenvalue weighted by molar-refractivity contribution is 4.85. The number of ether oxygens (including phenoxy) is 2. The lowest BCUT2D eigenvalue weighted by atomic mass is 9.92. The van der Waals surface area contributed by atoms with E-state index in [-0.39, 0.29) is 5.60 Å². The molecule has 0 amide bonds. The summed E-state index contributed by atoms with van der Waals surface area (Å²) in [7, 11) is 1.80. The molecule has 17 heavy (non-hydrogen) atoms. The summed E-state index contributed by atoms with van der Waals surface area (Å²) in [4.78, 5) is 0. The summed E-state index contributed by atoms with van der Waals surface area (Å²) in [6.07, 6.45) is 6.58. The van der Waals surface area contributed by atoms with Crippen molar-refractivity contribution in [1.29, 1.82) is 0 Å². The van der Waals surface area contributed by atoms with Crippen LogP contribution in [-0.4, -0.2) is 38.0 Å². The van der Waals surface area contributed by atoms with Gasteiger partial charge in [0.25, 0.3) is 0 Å². The summed E-state index contributed by atoms with van der Waals surface area (Å²) in [5.41, 5.74) is -0.0907. The van der Waals surface area contributed by atoms with E-state index in [4.69, 9.17) is 9.47 Å². The molecule has 0 saturated carbocycles. The molecule has 1 aliphatic heterocycles. The zero-order valence-electron chi connectivity index (χ0n) is 11.9. The standard InChI is InChI=1S/C14H29NO2/c1-5-15-13(14(2,3)16-4)10-6-8-12-9-7-11-17-12/h12-13,15H,5-11H2,1-4H3. The van der Waals surface area contributed by atoms with Crippen molar-refractivity contribution in [3.05, 3.63) is 0 Å². The molecular formula is C14H29NO2. The van der Waals surface area contributed by atoms with Gasteiger partial charge >= 0.3 is 0 Å². The molecule has 1 saturated heterocycles. The molecule has 1 N–H and O–H groups in total. The van der Waals surface area contributed by atoms with E-state index in [1.54, 1.807) is 7.11 Å². The van der Waals surface area contributed by atoms with Crippen LogP contribution in [0.5, 0.6) is 0 Å². The Morgan fingerprint density at radius 3 is 2.76 bits per heavy atom. The first-order valence-electron chi connectivity index (χ1n) is 7.00. The van der Waals surface area contributed by atoms with E-state index in [0.29, 0.717) is 12.1 Å². The maximum absolute atomic E-state index is 5.66. The van der Waals surface area contributed by atoms with Gasteiger partial charge in [-0.05, 0) is 52.5 Å². The van der Waals surface area contributed by atoms with E-state index in [0.717, 1.165) is 19.6 Å². The molecule has 0 aromatic rings. The average molecular weight is 243 g/mol. The van der Waals surface area contributed by atoms with E-state index >= 15 is 0 Å². The summed E-state index contributed by atoms with van der Waals surface area (Å²) in [6, 6.07) is 0.430. The second kappa shape index (κ2) is 7.34. The van der Waals surface area contributed by atoms with Crippen LogP contribution in [0.25, 0.3) is 0 Å². The van der Waals surface area contributed by atoms with Crippen LogP contribution < -0.4 is 5.32 Å². The van der Waals surface area contributed by atoms with Gasteiger partial charge in [-0.25, -0.2) is 0 Å². The van der Waals surface area contributed by atoms with Gasteiger partial charge in [-0.1, -0.05) is 6.92 Å². The van der Waals surface area contributed by atoms with Gasteiger partial charge in [0.2, 0.25) is 0 Å². The van der Waals surface area contributed by atoms with Gasteiger partial charge in [-0.2, -0.15) is 0 Å². The van der Waals surface area contributed by atoms with Crippen molar-refractivity contribution < 1.29 is 9.47 Å². The van der Waals surface area contributed by atoms with Crippen LogP contribution in [0, 0.1) is 0 Å². The lowest BCUT2D eigenvalue weighted by Gasteiger charge is -2.34. The number of hydrogen-bond acceptors (Lipinski definition) is 3. The van der Waals surface area contributed by atoms with Crippen molar-refractivity contribution in [2.24, 2.45) is 0 Å². The fraction of sp³-hybridized carbons (Fsp3) is 1.00. The number of rotatable bonds is 8. The molecule has 2 atom stereocenters. The zero-order valence-corrected chi connectivity index (χ0v) is 11.9. The second-order valence-electron chi connectivity index (χ2n) is 5.48. The number of nitrogens with one attached hydrogen (secondary N) is 1. The van der Waals surface area contributed by atoms with Crippen LogP contribution >= 0.6 is 0 Å². The van der Waals surface area contributed by atoms with Crippen LogP contribution in [0.4, 0.5) is 0 Å². The molecule has 3 heteroatoms. The Morgan fingerprint density at radius 2 is 2.24 bits per heavy atom. The molecule has 0 bridgehead atoms. The molecule has 3 nitrogen and oxygen atoms in total. The van der Waals surface area contributed by atoms with Gasteiger partial charge in [0.15, 0.2) is 0 Å². The molecule has 1 heterocycles. The highest BCUT2D eigenvalue weighted by Gasteiger charge is 2.28. The number of likely N-dealkylation sites (N-methyl/N-ethyl adjacent to an activating group) is 1. The zero-order chi connectivity index (χ0) is 12.7. The van der Waals surface area contributed by atoms with Crippen molar-refractivity contribution in [3.8, 4) is 0 Å². The Hall–Kier alpha value is -0.120. The second-order valence-corrected chi connectivity index (χ2v) is 5.48. The Morgan fingerprint density at radius 1 is 1.47 bits per heavy atom.